The van der Waals surface area contributed by atoms with E-state index in [0.717, 1.165) is 30.8 Å². The molecule has 1 aliphatic rings. The number of benzene rings is 2. The number of amides is 1. The van der Waals surface area contributed by atoms with Crippen LogP contribution in [0.2, 0.25) is 5.02 Å². The zero-order valence-electron chi connectivity index (χ0n) is 17.1. The summed E-state index contributed by atoms with van der Waals surface area (Å²) >= 11 is 6.23. The number of hydrogen-bond donors (Lipinski definition) is 0. The van der Waals surface area contributed by atoms with Crippen molar-refractivity contribution in [2.45, 2.75) is 6.42 Å². The van der Waals surface area contributed by atoms with Gasteiger partial charge in [-0.2, -0.15) is 5.26 Å². The van der Waals surface area contributed by atoms with Crippen molar-refractivity contribution in [3.8, 4) is 17.6 Å². The highest BCUT2D eigenvalue weighted by molar-refractivity contribution is 6.32. The molecule has 1 heterocycles. The van der Waals surface area contributed by atoms with Gasteiger partial charge in [0.25, 0.3) is 0 Å². The van der Waals surface area contributed by atoms with Crippen LogP contribution in [-0.2, 0) is 4.79 Å². The first-order chi connectivity index (χ1) is 14.5. The number of ether oxygens (including phenoxy) is 2. The Bertz CT molecular complexity index is 967. The van der Waals surface area contributed by atoms with E-state index in [1.54, 1.807) is 31.4 Å². The normalized spacial score (nSPS) is 14.3. The maximum absolute atomic E-state index is 12.7. The molecular weight excluding hydrogens is 402 g/mol. The largest absolute Gasteiger partial charge is 0.493 e. The third-order valence-electron chi connectivity index (χ3n) is 5.04. The third kappa shape index (κ3) is 5.05. The van der Waals surface area contributed by atoms with E-state index in [1.807, 2.05) is 29.2 Å². The summed E-state index contributed by atoms with van der Waals surface area (Å²) in [5, 5.41) is 9.38. The van der Waals surface area contributed by atoms with Gasteiger partial charge in [0.15, 0.2) is 11.5 Å². The van der Waals surface area contributed by atoms with E-state index < -0.39 is 0 Å². The monoisotopic (exact) mass is 425 g/mol. The number of methoxy groups -OCH3 is 2. The smallest absolute Gasteiger partial charge is 0.246 e. The lowest BCUT2D eigenvalue weighted by molar-refractivity contribution is -0.125. The van der Waals surface area contributed by atoms with Gasteiger partial charge in [-0.15, -0.1) is 0 Å². The molecule has 7 heteroatoms. The van der Waals surface area contributed by atoms with Crippen LogP contribution in [0.1, 0.15) is 17.5 Å². The molecule has 0 radical (unpaired) electrons. The van der Waals surface area contributed by atoms with Gasteiger partial charge in [-0.3, -0.25) is 4.79 Å². The van der Waals surface area contributed by atoms with Crippen LogP contribution in [0.5, 0.6) is 11.5 Å². The molecule has 6 nitrogen and oxygen atoms in total. The average Bonchev–Trinajstić information content (AvgIpc) is 3.03. The molecule has 0 bridgehead atoms. The van der Waals surface area contributed by atoms with Crippen LogP contribution < -0.4 is 14.4 Å². The fourth-order valence-corrected chi connectivity index (χ4v) is 3.75. The molecule has 1 fully saturated rings. The zero-order chi connectivity index (χ0) is 21.5. The summed E-state index contributed by atoms with van der Waals surface area (Å²) in [6.07, 6.45) is 4.18. The molecule has 0 aliphatic carbocycles. The van der Waals surface area contributed by atoms with Gasteiger partial charge in [0.2, 0.25) is 5.91 Å². The van der Waals surface area contributed by atoms with Crippen LogP contribution in [0.4, 0.5) is 5.69 Å². The van der Waals surface area contributed by atoms with Crippen LogP contribution in [0.3, 0.4) is 0 Å². The lowest BCUT2D eigenvalue weighted by atomic mass is 10.2. The summed E-state index contributed by atoms with van der Waals surface area (Å²) < 4.78 is 10.5. The summed E-state index contributed by atoms with van der Waals surface area (Å²) in [6, 6.07) is 13.2. The minimum absolute atomic E-state index is 0.0393. The van der Waals surface area contributed by atoms with Crippen molar-refractivity contribution in [1.82, 2.24) is 4.90 Å². The summed E-state index contributed by atoms with van der Waals surface area (Å²) in [5.41, 5.74) is 2.48. The molecule has 0 aromatic heterocycles. The molecule has 0 N–H and O–H groups in total. The molecule has 0 spiro atoms. The number of carbonyl (C=O) groups is 1. The second-order valence-corrected chi connectivity index (χ2v) is 7.30. The van der Waals surface area contributed by atoms with Gasteiger partial charge >= 0.3 is 0 Å². The highest BCUT2D eigenvalue weighted by Crippen LogP contribution is 2.36. The number of anilines is 1. The minimum atomic E-state index is -0.0393. The minimum Gasteiger partial charge on any atom is -0.493 e. The number of carbonyl (C=O) groups excluding carboxylic acids is 1. The lowest BCUT2D eigenvalue weighted by Crippen LogP contribution is -2.34. The molecule has 0 saturated carbocycles. The first kappa shape index (κ1) is 21.5. The van der Waals surface area contributed by atoms with Gasteiger partial charge in [0, 0.05) is 37.9 Å². The molecule has 2 aromatic carbocycles. The Balaban J connectivity index is 1.65. The van der Waals surface area contributed by atoms with Crippen molar-refractivity contribution in [3.05, 3.63) is 58.6 Å². The fraction of sp³-hybridized carbons (Fsp3) is 0.304. The van der Waals surface area contributed by atoms with E-state index in [0.29, 0.717) is 35.2 Å². The lowest BCUT2D eigenvalue weighted by Gasteiger charge is -2.23. The molecule has 3 rings (SSSR count). The van der Waals surface area contributed by atoms with Crippen molar-refractivity contribution < 1.29 is 14.3 Å². The van der Waals surface area contributed by atoms with E-state index in [1.165, 1.54) is 7.11 Å². The van der Waals surface area contributed by atoms with Crippen molar-refractivity contribution >= 4 is 29.3 Å². The van der Waals surface area contributed by atoms with Gasteiger partial charge in [0.05, 0.1) is 30.9 Å². The summed E-state index contributed by atoms with van der Waals surface area (Å²) in [7, 11) is 3.08. The standard InChI is InChI=1S/C23H24ClN3O3/c1-29-21-15-18(14-20(24)23(21)30-2)6-9-22(28)27-11-3-10-26(12-13-27)19-7-4-17(16-25)5-8-19/h4-9,14-15H,3,10-13H2,1-2H3/b9-6+. The predicted molar refractivity (Wildman–Crippen MR) is 118 cm³/mol. The summed E-state index contributed by atoms with van der Waals surface area (Å²) in [5.74, 6) is 0.950. The molecule has 30 heavy (non-hydrogen) atoms. The van der Waals surface area contributed by atoms with Crippen molar-refractivity contribution in [1.29, 1.82) is 5.26 Å². The first-order valence-electron chi connectivity index (χ1n) is 9.69. The Kier molecular flexibility index (Phi) is 7.21. The maximum Gasteiger partial charge on any atom is 0.246 e. The van der Waals surface area contributed by atoms with E-state index in [4.69, 9.17) is 26.3 Å². The van der Waals surface area contributed by atoms with E-state index in [-0.39, 0.29) is 5.91 Å². The average molecular weight is 426 g/mol. The second kappa shape index (κ2) is 10.0. The van der Waals surface area contributed by atoms with Crippen LogP contribution in [-0.4, -0.2) is 51.2 Å². The van der Waals surface area contributed by atoms with Gasteiger partial charge < -0.3 is 19.3 Å². The summed E-state index contributed by atoms with van der Waals surface area (Å²) in [6.45, 7) is 2.94. The Hall–Kier alpha value is -3.17. The molecular formula is C23H24ClN3O3. The molecule has 1 amide bonds. The Labute approximate surface area is 181 Å². The van der Waals surface area contributed by atoms with Crippen molar-refractivity contribution in [2.75, 3.05) is 45.3 Å². The van der Waals surface area contributed by atoms with Crippen LogP contribution >= 0.6 is 11.6 Å². The van der Waals surface area contributed by atoms with Gasteiger partial charge in [-0.05, 0) is 54.5 Å². The first-order valence-corrected chi connectivity index (χ1v) is 10.1. The number of halogens is 1. The Morgan fingerprint density at radius 3 is 2.53 bits per heavy atom. The molecule has 156 valence electrons. The molecule has 0 unspecified atom stereocenters. The quantitative estimate of drug-likeness (QED) is 0.678. The SMILES string of the molecule is COc1cc(/C=C/C(=O)N2CCCN(c3ccc(C#N)cc3)CC2)cc(Cl)c1OC. The number of hydrogen-bond acceptors (Lipinski definition) is 5. The van der Waals surface area contributed by atoms with Crippen molar-refractivity contribution in [2.24, 2.45) is 0 Å². The maximum atomic E-state index is 12.7. The molecule has 2 aromatic rings. The topological polar surface area (TPSA) is 65.8 Å². The second-order valence-electron chi connectivity index (χ2n) is 6.90. The van der Waals surface area contributed by atoms with Gasteiger partial charge in [0.1, 0.15) is 0 Å². The van der Waals surface area contributed by atoms with Crippen LogP contribution in [0, 0.1) is 11.3 Å². The third-order valence-corrected chi connectivity index (χ3v) is 5.32. The predicted octanol–water partition coefficient (Wildman–Crippen LogP) is 3.98. The highest BCUT2D eigenvalue weighted by Gasteiger charge is 2.18. The van der Waals surface area contributed by atoms with E-state index in [9.17, 15) is 4.79 Å². The molecule has 1 aliphatic heterocycles. The Morgan fingerprint density at radius 1 is 1.10 bits per heavy atom. The highest BCUT2D eigenvalue weighted by atomic mass is 35.5. The van der Waals surface area contributed by atoms with Gasteiger partial charge in [-0.25, -0.2) is 0 Å². The number of nitrogens with zero attached hydrogens (tertiary/aromatic N) is 3. The zero-order valence-corrected chi connectivity index (χ0v) is 17.9. The fourth-order valence-electron chi connectivity index (χ4n) is 3.45. The number of rotatable bonds is 5. The molecule has 0 atom stereocenters. The van der Waals surface area contributed by atoms with Gasteiger partial charge in [-0.1, -0.05) is 11.6 Å². The van der Waals surface area contributed by atoms with E-state index >= 15 is 0 Å². The van der Waals surface area contributed by atoms with Crippen LogP contribution in [0.15, 0.2) is 42.5 Å². The summed E-state index contributed by atoms with van der Waals surface area (Å²) in [4.78, 5) is 16.8. The number of nitriles is 1. The van der Waals surface area contributed by atoms with E-state index in [2.05, 4.69) is 11.0 Å². The van der Waals surface area contributed by atoms with Crippen molar-refractivity contribution in [3.63, 3.8) is 0 Å². The van der Waals surface area contributed by atoms with Crippen LogP contribution in [0.25, 0.3) is 6.08 Å². The Morgan fingerprint density at radius 2 is 1.87 bits per heavy atom. The molecule has 1 saturated heterocycles.